The lowest BCUT2D eigenvalue weighted by Gasteiger charge is -2.28. The molecule has 1 aliphatic carbocycles. The van der Waals surface area contributed by atoms with Crippen LogP contribution in [0.15, 0.2) is 41.6 Å². The number of ether oxygens (including phenoxy) is 1. The molecular weight excluding hydrogens is 402 g/mol. The summed E-state index contributed by atoms with van der Waals surface area (Å²) in [6.45, 7) is 0. The van der Waals surface area contributed by atoms with Crippen LogP contribution in [0.5, 0.6) is 6.01 Å². The van der Waals surface area contributed by atoms with Gasteiger partial charge in [-0.25, -0.2) is 27.5 Å². The molecule has 1 aliphatic rings. The van der Waals surface area contributed by atoms with Crippen molar-refractivity contribution >= 4 is 10.0 Å². The van der Waals surface area contributed by atoms with E-state index in [-0.39, 0.29) is 12.1 Å². The van der Waals surface area contributed by atoms with Crippen molar-refractivity contribution in [3.05, 3.63) is 48.0 Å². The zero-order valence-corrected chi connectivity index (χ0v) is 15.3. The Kier molecular flexibility index (Phi) is 5.84. The fourth-order valence-electron chi connectivity index (χ4n) is 2.94. The molecular formula is C17H17F4N3O3S. The summed E-state index contributed by atoms with van der Waals surface area (Å²) in [6.07, 6.45) is -1.04. The fourth-order valence-corrected chi connectivity index (χ4v) is 4.29. The van der Waals surface area contributed by atoms with Crippen LogP contribution in [-0.2, 0) is 16.2 Å². The van der Waals surface area contributed by atoms with Gasteiger partial charge < -0.3 is 4.74 Å². The van der Waals surface area contributed by atoms with Crippen molar-refractivity contribution in [3.63, 3.8) is 0 Å². The van der Waals surface area contributed by atoms with Crippen molar-refractivity contribution in [1.29, 1.82) is 0 Å². The number of benzene rings is 1. The third kappa shape index (κ3) is 5.16. The summed E-state index contributed by atoms with van der Waals surface area (Å²) in [6, 6.07) is 3.23. The number of nitrogens with zero attached hydrogens (tertiary/aromatic N) is 2. The third-order valence-electron chi connectivity index (χ3n) is 4.34. The highest BCUT2D eigenvalue weighted by atomic mass is 32.2. The first kappa shape index (κ1) is 20.5. The lowest BCUT2D eigenvalue weighted by atomic mass is 9.94. The number of hydrogen-bond acceptors (Lipinski definition) is 5. The van der Waals surface area contributed by atoms with E-state index in [9.17, 15) is 26.0 Å². The highest BCUT2D eigenvalue weighted by molar-refractivity contribution is 7.89. The van der Waals surface area contributed by atoms with Crippen LogP contribution in [0.25, 0.3) is 0 Å². The molecule has 28 heavy (non-hydrogen) atoms. The molecule has 1 aromatic carbocycles. The first-order chi connectivity index (χ1) is 13.1. The van der Waals surface area contributed by atoms with Gasteiger partial charge >= 0.3 is 12.2 Å². The molecule has 0 aliphatic heterocycles. The second-order valence-corrected chi connectivity index (χ2v) is 8.14. The van der Waals surface area contributed by atoms with Crippen molar-refractivity contribution in [3.8, 4) is 6.01 Å². The Labute approximate surface area is 159 Å². The van der Waals surface area contributed by atoms with Crippen molar-refractivity contribution < 1.29 is 30.7 Å². The van der Waals surface area contributed by atoms with Crippen LogP contribution in [-0.4, -0.2) is 30.5 Å². The van der Waals surface area contributed by atoms with Gasteiger partial charge in [-0.2, -0.15) is 13.2 Å². The number of rotatable bonds is 5. The van der Waals surface area contributed by atoms with E-state index in [0.29, 0.717) is 31.7 Å². The Hall–Kier alpha value is -2.27. The molecule has 6 nitrogen and oxygen atoms in total. The number of aromatic nitrogens is 2. The summed E-state index contributed by atoms with van der Waals surface area (Å²) in [5, 5.41) is 0. The van der Waals surface area contributed by atoms with E-state index in [4.69, 9.17) is 4.74 Å². The van der Waals surface area contributed by atoms with Gasteiger partial charge in [0.25, 0.3) is 0 Å². The lowest BCUT2D eigenvalue weighted by Crippen LogP contribution is -2.39. The van der Waals surface area contributed by atoms with Crippen molar-refractivity contribution in [2.75, 3.05) is 0 Å². The SMILES string of the molecule is O=S(=O)(NC1CCC(Oc2ncc(F)cn2)CC1)c1cccc(C(F)(F)F)c1. The third-order valence-corrected chi connectivity index (χ3v) is 5.85. The van der Waals surface area contributed by atoms with Crippen LogP contribution in [0.3, 0.4) is 0 Å². The Bertz CT molecular complexity index is 912. The summed E-state index contributed by atoms with van der Waals surface area (Å²) in [7, 11) is -4.08. The Morgan fingerprint density at radius 2 is 1.71 bits per heavy atom. The zero-order chi connectivity index (χ0) is 20.4. The summed E-state index contributed by atoms with van der Waals surface area (Å²) in [5.74, 6) is -0.583. The van der Waals surface area contributed by atoms with Crippen LogP contribution >= 0.6 is 0 Å². The maximum atomic E-state index is 12.8. The highest BCUT2D eigenvalue weighted by Crippen LogP contribution is 2.31. The van der Waals surface area contributed by atoms with Gasteiger partial charge in [-0.3, -0.25) is 0 Å². The quantitative estimate of drug-likeness (QED) is 0.753. The largest absolute Gasteiger partial charge is 0.460 e. The summed E-state index contributed by atoms with van der Waals surface area (Å²) in [5.41, 5.74) is -1.02. The van der Waals surface area contributed by atoms with Gasteiger partial charge in [0.05, 0.1) is 22.9 Å². The maximum absolute atomic E-state index is 12.8. The molecule has 0 bridgehead atoms. The maximum Gasteiger partial charge on any atom is 0.416 e. The normalized spacial score (nSPS) is 20.7. The van der Waals surface area contributed by atoms with E-state index < -0.39 is 38.5 Å². The lowest BCUT2D eigenvalue weighted by molar-refractivity contribution is -0.137. The van der Waals surface area contributed by atoms with Crippen molar-refractivity contribution in [1.82, 2.24) is 14.7 Å². The van der Waals surface area contributed by atoms with Crippen LogP contribution < -0.4 is 9.46 Å². The van der Waals surface area contributed by atoms with Gasteiger partial charge in [-0.15, -0.1) is 0 Å². The van der Waals surface area contributed by atoms with Gasteiger partial charge in [0.15, 0.2) is 5.82 Å². The number of nitrogens with one attached hydrogen (secondary N) is 1. The molecule has 1 aromatic heterocycles. The number of halogens is 4. The summed E-state index contributed by atoms with van der Waals surface area (Å²) >= 11 is 0. The van der Waals surface area contributed by atoms with Crippen LogP contribution in [0.2, 0.25) is 0 Å². The number of alkyl halides is 3. The standard InChI is InChI=1S/C17H17F4N3O3S/c18-12-9-22-16(23-10-12)27-14-6-4-13(5-7-14)24-28(25,26)15-3-1-2-11(8-15)17(19,20)21/h1-3,8-10,13-14,24H,4-7H2. The molecule has 152 valence electrons. The smallest absolute Gasteiger partial charge is 0.416 e. The number of hydrogen-bond donors (Lipinski definition) is 1. The topological polar surface area (TPSA) is 81.2 Å². The minimum atomic E-state index is -4.62. The molecule has 1 saturated carbocycles. The molecule has 0 unspecified atom stereocenters. The second-order valence-electron chi connectivity index (χ2n) is 6.42. The minimum absolute atomic E-state index is 0.0365. The van der Waals surface area contributed by atoms with Gasteiger partial charge in [0.2, 0.25) is 10.0 Å². The average Bonchev–Trinajstić information content (AvgIpc) is 2.64. The number of sulfonamides is 1. The van der Waals surface area contributed by atoms with E-state index >= 15 is 0 Å². The van der Waals surface area contributed by atoms with Gasteiger partial charge in [-0.05, 0) is 43.9 Å². The van der Waals surface area contributed by atoms with E-state index in [1.165, 1.54) is 0 Å². The Morgan fingerprint density at radius 3 is 2.32 bits per heavy atom. The molecule has 1 N–H and O–H groups in total. The summed E-state index contributed by atoms with van der Waals surface area (Å²) < 4.78 is 84.0. The average molecular weight is 419 g/mol. The van der Waals surface area contributed by atoms with Gasteiger partial charge in [0, 0.05) is 6.04 Å². The molecule has 0 amide bonds. The van der Waals surface area contributed by atoms with Crippen molar-refractivity contribution in [2.45, 2.75) is 48.9 Å². The van der Waals surface area contributed by atoms with Gasteiger partial charge in [0.1, 0.15) is 6.10 Å². The predicted molar refractivity (Wildman–Crippen MR) is 90.4 cm³/mol. The molecule has 11 heteroatoms. The van der Waals surface area contributed by atoms with Crippen molar-refractivity contribution in [2.24, 2.45) is 0 Å². The molecule has 2 aromatic rings. The first-order valence-corrected chi connectivity index (χ1v) is 9.95. The molecule has 1 fully saturated rings. The first-order valence-electron chi connectivity index (χ1n) is 8.47. The second kappa shape index (κ2) is 8.00. The van der Waals surface area contributed by atoms with Gasteiger partial charge in [-0.1, -0.05) is 6.07 Å². The molecule has 0 saturated heterocycles. The molecule has 3 rings (SSSR count). The predicted octanol–water partition coefficient (Wildman–Crippen LogP) is 3.30. The molecule has 0 atom stereocenters. The Morgan fingerprint density at radius 1 is 1.07 bits per heavy atom. The highest BCUT2D eigenvalue weighted by Gasteiger charge is 2.32. The van der Waals surface area contributed by atoms with E-state index in [1.54, 1.807) is 0 Å². The minimum Gasteiger partial charge on any atom is -0.460 e. The molecule has 0 spiro atoms. The van der Waals surface area contributed by atoms with Crippen LogP contribution in [0, 0.1) is 5.82 Å². The molecule has 0 radical (unpaired) electrons. The van der Waals surface area contributed by atoms with E-state index in [1.807, 2.05) is 0 Å². The van der Waals surface area contributed by atoms with E-state index in [2.05, 4.69) is 14.7 Å². The van der Waals surface area contributed by atoms with Crippen LogP contribution in [0.1, 0.15) is 31.2 Å². The summed E-state index contributed by atoms with van der Waals surface area (Å²) in [4.78, 5) is 6.98. The Balaban J connectivity index is 1.58. The van der Waals surface area contributed by atoms with E-state index in [0.717, 1.165) is 30.6 Å². The van der Waals surface area contributed by atoms with Crippen LogP contribution in [0.4, 0.5) is 17.6 Å². The molecule has 1 heterocycles. The monoisotopic (exact) mass is 419 g/mol. The zero-order valence-electron chi connectivity index (χ0n) is 14.5. The fraction of sp³-hybridized carbons (Fsp3) is 0.412.